The van der Waals surface area contributed by atoms with Gasteiger partial charge in [0, 0.05) is 5.92 Å². The lowest BCUT2D eigenvalue weighted by Crippen LogP contribution is -2.43. The average Bonchev–Trinajstić information content (AvgIpc) is 2.37. The molecule has 2 rings (SSSR count). The predicted molar refractivity (Wildman–Crippen MR) is 71.8 cm³/mol. The molecule has 20 heavy (non-hydrogen) atoms. The van der Waals surface area contributed by atoms with E-state index >= 15 is 0 Å². The molecule has 0 N–H and O–H groups in total. The molecule has 0 amide bonds. The number of Topliss-reactive ketones (excluding diaryl/α,β-unsaturated/α-hetero) is 1. The fourth-order valence-electron chi connectivity index (χ4n) is 2.73. The lowest BCUT2D eigenvalue weighted by Gasteiger charge is -2.24. The second kappa shape index (κ2) is 6.88. The highest BCUT2D eigenvalue weighted by atomic mass is 16.6. The third-order valence-corrected chi connectivity index (χ3v) is 3.75. The highest BCUT2D eigenvalue weighted by molar-refractivity contribution is 6.53. The Kier molecular flexibility index (Phi) is 5.17. The molecular weight excluding hydrogens is 261 g/mol. The van der Waals surface area contributed by atoms with Crippen LogP contribution in [-0.2, 0) is 23.7 Å². The van der Waals surface area contributed by atoms with Crippen molar-refractivity contribution in [1.82, 2.24) is 4.90 Å². The molecule has 0 radical (unpaired) electrons. The Balaban J connectivity index is 1.90. The zero-order chi connectivity index (χ0) is 14.5. The van der Waals surface area contributed by atoms with Crippen LogP contribution in [0.1, 0.15) is 32.1 Å². The minimum atomic E-state index is -1.06. The number of ketones is 1. The summed E-state index contributed by atoms with van der Waals surface area (Å²) in [4.78, 5) is 36.8. The Hall–Kier alpha value is -1.37. The van der Waals surface area contributed by atoms with Gasteiger partial charge in [-0.15, -0.1) is 0 Å². The van der Waals surface area contributed by atoms with Crippen LogP contribution in [0.3, 0.4) is 0 Å². The summed E-state index contributed by atoms with van der Waals surface area (Å²) in [6, 6.07) is 0. The molecule has 2 aliphatic rings. The summed E-state index contributed by atoms with van der Waals surface area (Å²) in [6.45, 7) is 0.0619. The quantitative estimate of drug-likeness (QED) is 0.707. The van der Waals surface area contributed by atoms with Crippen molar-refractivity contribution in [3.05, 3.63) is 0 Å². The number of carbonyl (C=O) groups is 3. The number of nitrogens with zero attached hydrogens (tertiary/aromatic N) is 1. The molecule has 0 aromatic carbocycles. The Morgan fingerprint density at radius 3 is 2.25 bits per heavy atom. The monoisotopic (exact) mass is 281 g/mol. The molecule has 1 heterocycles. The average molecular weight is 281 g/mol. The van der Waals surface area contributed by atoms with Gasteiger partial charge in [0.1, 0.15) is 5.78 Å². The molecule has 0 bridgehead atoms. The molecule has 0 aromatic rings. The van der Waals surface area contributed by atoms with Crippen molar-refractivity contribution in [2.45, 2.75) is 38.4 Å². The van der Waals surface area contributed by atoms with E-state index in [0.29, 0.717) is 0 Å². The molecule has 1 aliphatic carbocycles. The molecule has 1 aliphatic heterocycles. The summed E-state index contributed by atoms with van der Waals surface area (Å²) in [5.41, 5.74) is 0. The third-order valence-electron chi connectivity index (χ3n) is 3.75. The van der Waals surface area contributed by atoms with Gasteiger partial charge >= 0.3 is 19.1 Å². The summed E-state index contributed by atoms with van der Waals surface area (Å²) >= 11 is 0. The summed E-state index contributed by atoms with van der Waals surface area (Å²) in [7, 11) is 0.578. The normalized spacial score (nSPS) is 22.8. The van der Waals surface area contributed by atoms with Crippen LogP contribution in [0.2, 0.25) is 6.32 Å². The van der Waals surface area contributed by atoms with E-state index in [1.165, 1.54) is 11.3 Å². The zero-order valence-electron chi connectivity index (χ0n) is 11.8. The van der Waals surface area contributed by atoms with Crippen LogP contribution in [0.25, 0.3) is 0 Å². The van der Waals surface area contributed by atoms with E-state index in [2.05, 4.69) is 0 Å². The highest BCUT2D eigenvalue weighted by Gasteiger charge is 2.36. The van der Waals surface area contributed by atoms with E-state index in [1.807, 2.05) is 0 Å². The summed E-state index contributed by atoms with van der Waals surface area (Å²) in [5.74, 6) is -0.888. The van der Waals surface area contributed by atoms with Crippen LogP contribution in [0.4, 0.5) is 0 Å². The van der Waals surface area contributed by atoms with Crippen molar-refractivity contribution in [3.63, 3.8) is 0 Å². The smallest absolute Gasteiger partial charge is 0.498 e. The molecule has 2 fully saturated rings. The van der Waals surface area contributed by atoms with E-state index in [9.17, 15) is 14.4 Å². The molecule has 6 nitrogen and oxygen atoms in total. The van der Waals surface area contributed by atoms with Gasteiger partial charge < -0.3 is 9.31 Å². The first-order valence-corrected chi connectivity index (χ1v) is 7.15. The van der Waals surface area contributed by atoms with Crippen molar-refractivity contribution in [1.29, 1.82) is 0 Å². The fraction of sp³-hybridized carbons (Fsp3) is 0.769. The van der Waals surface area contributed by atoms with Crippen molar-refractivity contribution in [2.24, 2.45) is 5.92 Å². The van der Waals surface area contributed by atoms with E-state index < -0.39 is 19.1 Å². The molecule has 0 atom stereocenters. The Morgan fingerprint density at radius 1 is 1.15 bits per heavy atom. The SMILES string of the molecule is CN1CC(=O)OB(CC(=O)C2CCCCC2)OC(=O)C1. The highest BCUT2D eigenvalue weighted by Crippen LogP contribution is 2.26. The summed E-state index contributed by atoms with van der Waals surface area (Å²) in [5, 5.41) is 0. The topological polar surface area (TPSA) is 72.9 Å². The van der Waals surface area contributed by atoms with Gasteiger partial charge in [0.2, 0.25) is 0 Å². The van der Waals surface area contributed by atoms with Crippen molar-refractivity contribution in [3.8, 4) is 0 Å². The lowest BCUT2D eigenvalue weighted by molar-refractivity contribution is -0.145. The van der Waals surface area contributed by atoms with Crippen LogP contribution in [0, 0.1) is 5.92 Å². The molecule has 110 valence electrons. The lowest BCUT2D eigenvalue weighted by atomic mass is 9.75. The summed E-state index contributed by atoms with van der Waals surface area (Å²) < 4.78 is 10.1. The van der Waals surface area contributed by atoms with Crippen molar-refractivity contribution < 1.29 is 23.7 Å². The molecule has 1 saturated heterocycles. The van der Waals surface area contributed by atoms with Crippen LogP contribution < -0.4 is 0 Å². The number of likely N-dealkylation sites (N-methyl/N-ethyl adjacent to an activating group) is 1. The molecular formula is C13H20BNO5. The number of carbonyl (C=O) groups excluding carboxylic acids is 3. The van der Waals surface area contributed by atoms with Gasteiger partial charge in [0.15, 0.2) is 0 Å². The standard InChI is InChI=1S/C13H20BNO5/c1-15-8-12(17)19-14(20-13(18)9-15)7-11(16)10-5-3-2-4-6-10/h10H,2-9H2,1H3. The minimum Gasteiger partial charge on any atom is -0.498 e. The second-order valence-corrected chi connectivity index (χ2v) is 5.59. The largest absolute Gasteiger partial charge is 0.606 e. The van der Waals surface area contributed by atoms with Crippen LogP contribution in [-0.4, -0.2) is 49.9 Å². The Morgan fingerprint density at radius 2 is 1.70 bits per heavy atom. The Labute approximate surface area is 118 Å². The zero-order valence-corrected chi connectivity index (χ0v) is 11.8. The maximum Gasteiger partial charge on any atom is 0.606 e. The molecule has 7 heteroatoms. The van der Waals surface area contributed by atoms with Gasteiger partial charge in [-0.2, -0.15) is 0 Å². The maximum absolute atomic E-state index is 12.1. The second-order valence-electron chi connectivity index (χ2n) is 5.59. The van der Waals surface area contributed by atoms with Gasteiger partial charge in [-0.25, -0.2) is 0 Å². The summed E-state index contributed by atoms with van der Waals surface area (Å²) in [6.07, 6.45) is 5.04. The third kappa shape index (κ3) is 4.33. The number of rotatable bonds is 3. The first-order chi connectivity index (χ1) is 9.54. The van der Waals surface area contributed by atoms with Crippen molar-refractivity contribution >= 4 is 24.8 Å². The predicted octanol–water partition coefficient (Wildman–Crippen LogP) is 0.656. The number of hydrogen-bond acceptors (Lipinski definition) is 6. The maximum atomic E-state index is 12.1. The van der Waals surface area contributed by atoms with E-state index in [0.717, 1.165) is 25.7 Å². The molecule has 1 saturated carbocycles. The Bertz CT molecular complexity index is 374. The van der Waals surface area contributed by atoms with E-state index in [4.69, 9.17) is 9.31 Å². The van der Waals surface area contributed by atoms with Gasteiger partial charge in [0.25, 0.3) is 0 Å². The van der Waals surface area contributed by atoms with Crippen LogP contribution >= 0.6 is 0 Å². The minimum absolute atomic E-state index is 0.0220. The van der Waals surface area contributed by atoms with Crippen LogP contribution in [0.15, 0.2) is 0 Å². The fourth-order valence-corrected chi connectivity index (χ4v) is 2.73. The molecule has 0 aromatic heterocycles. The van der Waals surface area contributed by atoms with E-state index in [-0.39, 0.29) is 31.1 Å². The number of hydrogen-bond donors (Lipinski definition) is 0. The van der Waals surface area contributed by atoms with E-state index in [1.54, 1.807) is 7.05 Å². The first kappa shape index (κ1) is 15.0. The van der Waals surface area contributed by atoms with Gasteiger partial charge in [-0.3, -0.25) is 19.3 Å². The first-order valence-electron chi connectivity index (χ1n) is 7.15. The van der Waals surface area contributed by atoms with Gasteiger partial charge in [-0.05, 0) is 19.9 Å². The van der Waals surface area contributed by atoms with Crippen LogP contribution in [0.5, 0.6) is 0 Å². The van der Waals surface area contributed by atoms with Gasteiger partial charge in [-0.1, -0.05) is 19.3 Å². The van der Waals surface area contributed by atoms with Gasteiger partial charge in [0.05, 0.1) is 19.4 Å². The van der Waals surface area contributed by atoms with Crippen molar-refractivity contribution in [2.75, 3.05) is 20.1 Å². The molecule has 0 spiro atoms. The molecule has 0 unspecified atom stereocenters.